The lowest BCUT2D eigenvalue weighted by molar-refractivity contribution is 0.0427. The van der Waals surface area contributed by atoms with Crippen molar-refractivity contribution in [3.63, 3.8) is 0 Å². The second-order valence-corrected chi connectivity index (χ2v) is 3.74. The van der Waals surface area contributed by atoms with E-state index in [1.807, 2.05) is 0 Å². The number of hydrogen-bond donors (Lipinski definition) is 2. The molecular formula is C17H22O6. The van der Waals surface area contributed by atoms with Crippen LogP contribution in [-0.4, -0.2) is 34.7 Å². The Morgan fingerprint density at radius 2 is 2.00 bits per heavy atom. The first-order valence-electron chi connectivity index (χ1n) is 14.2. The zero-order valence-electron chi connectivity index (χ0n) is 28.3. The summed E-state index contributed by atoms with van der Waals surface area (Å²) in [5.74, 6) is -10.5. The largest absolute Gasteiger partial charge is 0.478 e. The molecule has 0 aliphatic rings. The van der Waals surface area contributed by atoms with Crippen molar-refractivity contribution in [2.45, 2.75) is 39.2 Å². The van der Waals surface area contributed by atoms with Crippen molar-refractivity contribution < 1.29 is 52.6 Å². The fraction of sp³-hybridized carbons (Fsp3) is 0.471. The van der Waals surface area contributed by atoms with Gasteiger partial charge in [-0.2, -0.15) is 0 Å². The molecule has 0 aliphatic heterocycles. The molecule has 0 fully saturated rings. The minimum absolute atomic E-state index is 0.357. The zero-order chi connectivity index (χ0) is 32.3. The average Bonchev–Trinajstić information content (AvgIpc) is 2.75. The highest BCUT2D eigenvalue weighted by molar-refractivity contribution is 6.03. The maximum absolute atomic E-state index is 12.7. The second-order valence-electron chi connectivity index (χ2n) is 3.74. The van der Waals surface area contributed by atoms with Gasteiger partial charge in [-0.15, -0.1) is 0 Å². The maximum Gasteiger partial charge on any atom is 0.338 e. The van der Waals surface area contributed by atoms with Gasteiger partial charge in [0.25, 0.3) is 0 Å². The number of carbonyl (C=O) groups is 3. The van der Waals surface area contributed by atoms with E-state index in [4.69, 9.17) is 28.4 Å². The fourth-order valence-corrected chi connectivity index (χ4v) is 1.37. The Labute approximate surface area is 159 Å². The lowest BCUT2D eigenvalue weighted by Gasteiger charge is -2.14. The van der Waals surface area contributed by atoms with Crippen molar-refractivity contribution in [3.8, 4) is 0 Å². The standard InChI is InChI=1S/C17H22O6/c1-3-5-6-11(4-2)10-23-17(22)12-7-8-13(15(18)19)14(9-12)16(20)21/h7-9,11H,3-6,10H2,1-2H3,(H,18,19)(H,20,21)/i1D3,2D3,3D2,4D2,5D2,6D2,10D2,11D. The van der Waals surface area contributed by atoms with Crippen molar-refractivity contribution >= 4 is 17.9 Å². The van der Waals surface area contributed by atoms with E-state index in [1.54, 1.807) is 0 Å². The third kappa shape index (κ3) is 5.39. The number of aromatic carboxylic acids is 2. The van der Waals surface area contributed by atoms with Crippen molar-refractivity contribution in [2.75, 3.05) is 6.56 Å². The number of ether oxygens (including phenoxy) is 1. The van der Waals surface area contributed by atoms with Gasteiger partial charge in [0.2, 0.25) is 0 Å². The Hall–Kier alpha value is -2.37. The van der Waals surface area contributed by atoms with Gasteiger partial charge in [-0.1, -0.05) is 32.8 Å². The molecule has 0 saturated carbocycles. The summed E-state index contributed by atoms with van der Waals surface area (Å²) < 4.78 is 137. The van der Waals surface area contributed by atoms with Crippen LogP contribution in [0, 0.1) is 5.89 Å². The molecular weight excluding hydrogens is 300 g/mol. The smallest absolute Gasteiger partial charge is 0.338 e. The van der Waals surface area contributed by atoms with Crippen LogP contribution in [0.25, 0.3) is 0 Å². The molecule has 1 aromatic carbocycles. The van der Waals surface area contributed by atoms with Gasteiger partial charge in [0.05, 0.1) is 26.0 Å². The van der Waals surface area contributed by atoms with Gasteiger partial charge in [-0.3, -0.25) is 0 Å². The fourth-order valence-electron chi connectivity index (χ4n) is 1.37. The van der Waals surface area contributed by atoms with Gasteiger partial charge in [0, 0.05) is 20.6 Å². The van der Waals surface area contributed by atoms with E-state index < -0.39 is 86.2 Å². The molecule has 0 radical (unpaired) electrons. The first-order chi connectivity index (χ1) is 17.4. The summed E-state index contributed by atoms with van der Waals surface area (Å²) in [5, 5.41) is 18.3. The van der Waals surface area contributed by atoms with Crippen LogP contribution < -0.4 is 0 Å². The Morgan fingerprint density at radius 3 is 2.61 bits per heavy atom. The van der Waals surface area contributed by atoms with Crippen LogP contribution in [0.2, 0.25) is 0 Å². The van der Waals surface area contributed by atoms with Crippen LogP contribution >= 0.6 is 0 Å². The predicted molar refractivity (Wildman–Crippen MR) is 83.9 cm³/mol. The van der Waals surface area contributed by atoms with E-state index >= 15 is 0 Å². The van der Waals surface area contributed by atoms with Crippen LogP contribution in [0.15, 0.2) is 18.2 Å². The molecule has 1 rings (SSSR count). The minimum Gasteiger partial charge on any atom is -0.478 e. The van der Waals surface area contributed by atoms with E-state index in [-0.39, 0.29) is 0 Å². The molecule has 0 amide bonds. The van der Waals surface area contributed by atoms with E-state index in [0.29, 0.717) is 18.2 Å². The van der Waals surface area contributed by atoms with Gasteiger partial charge < -0.3 is 14.9 Å². The number of hydrogen-bond acceptors (Lipinski definition) is 4. The van der Waals surface area contributed by atoms with Crippen LogP contribution in [-0.2, 0) is 4.74 Å². The first-order valence-corrected chi connectivity index (χ1v) is 5.71. The number of carboxylic acids is 2. The topological polar surface area (TPSA) is 101 Å². The second kappa shape index (κ2) is 8.92. The Balaban J connectivity index is 3.98. The zero-order valence-corrected chi connectivity index (χ0v) is 11.3. The van der Waals surface area contributed by atoms with Crippen molar-refractivity contribution in [2.24, 2.45) is 5.89 Å². The number of esters is 1. The van der Waals surface area contributed by atoms with Gasteiger partial charge in [-0.25, -0.2) is 14.4 Å². The Morgan fingerprint density at radius 1 is 1.26 bits per heavy atom. The Kier molecular flexibility index (Phi) is 2.18. The number of carboxylic acid groups (broad SMARTS) is 2. The van der Waals surface area contributed by atoms with Crippen molar-refractivity contribution in [1.29, 1.82) is 0 Å². The van der Waals surface area contributed by atoms with Crippen LogP contribution in [0.1, 0.15) is 93.6 Å². The van der Waals surface area contributed by atoms with Crippen LogP contribution in [0.5, 0.6) is 0 Å². The SMILES string of the molecule is [2H]C([2H])([2H])C([2H])([2H])C([2H])([2H])C([2H])([2H])C([2H])(C([2H])([2H])OC(=O)c1ccc(C(=O)O)c(C(=O)O)c1)C([2H])([2H])C([2H])([2H])[2H]. The summed E-state index contributed by atoms with van der Waals surface area (Å²) in [4.78, 5) is 35.4. The molecule has 1 aromatic rings. The van der Waals surface area contributed by atoms with E-state index in [9.17, 15) is 19.5 Å². The highest BCUT2D eigenvalue weighted by Gasteiger charge is 2.19. The summed E-state index contributed by atoms with van der Waals surface area (Å²) in [6, 6.07) is 1.51. The minimum atomic E-state index is -4.81. The third-order valence-corrected chi connectivity index (χ3v) is 2.34. The molecule has 1 atom stereocenters. The lowest BCUT2D eigenvalue weighted by Crippen LogP contribution is -2.15. The Bertz CT molecular complexity index is 1190. The van der Waals surface area contributed by atoms with E-state index in [1.165, 1.54) is 0 Å². The molecule has 6 heteroatoms. The normalized spacial score (nSPS) is 28.3. The highest BCUT2D eigenvalue weighted by Crippen LogP contribution is 2.16. The molecule has 0 aliphatic carbocycles. The molecule has 2 N–H and O–H groups in total. The maximum atomic E-state index is 12.7. The average molecular weight is 339 g/mol. The predicted octanol–water partition coefficient (Wildman–Crippen LogP) is 3.46. The molecule has 0 bridgehead atoms. The number of carbonyl (C=O) groups excluding carboxylic acids is 1. The van der Waals surface area contributed by atoms with Gasteiger partial charge in [-0.05, 0) is 30.5 Å². The summed E-state index contributed by atoms with van der Waals surface area (Å²) in [6.45, 7) is -12.8. The highest BCUT2D eigenvalue weighted by atomic mass is 16.5. The molecule has 0 saturated heterocycles. The number of rotatable bonds is 9. The monoisotopic (exact) mass is 339 g/mol. The van der Waals surface area contributed by atoms with Gasteiger partial charge in [0.15, 0.2) is 0 Å². The summed E-state index contributed by atoms with van der Waals surface area (Å²) in [5.41, 5.74) is -2.85. The summed E-state index contributed by atoms with van der Waals surface area (Å²) in [7, 11) is 0. The number of benzene rings is 1. The van der Waals surface area contributed by atoms with Crippen LogP contribution in [0.3, 0.4) is 0 Å². The van der Waals surface area contributed by atoms with Gasteiger partial charge >= 0.3 is 17.9 Å². The van der Waals surface area contributed by atoms with Crippen molar-refractivity contribution in [3.05, 3.63) is 34.9 Å². The van der Waals surface area contributed by atoms with Gasteiger partial charge in [0.1, 0.15) is 0 Å². The molecule has 126 valence electrons. The first kappa shape index (κ1) is 5.61. The quantitative estimate of drug-likeness (QED) is 0.668. The molecule has 0 spiro atoms. The van der Waals surface area contributed by atoms with E-state index in [0.717, 1.165) is 0 Å². The molecule has 23 heavy (non-hydrogen) atoms. The summed E-state index contributed by atoms with van der Waals surface area (Å²) in [6.07, 6.45) is -18.2. The van der Waals surface area contributed by atoms with Crippen LogP contribution in [0.4, 0.5) is 0 Å². The summed E-state index contributed by atoms with van der Waals surface area (Å²) >= 11 is 0. The van der Waals surface area contributed by atoms with Crippen molar-refractivity contribution in [1.82, 2.24) is 0 Å². The third-order valence-electron chi connectivity index (χ3n) is 2.34. The van der Waals surface area contributed by atoms with E-state index in [2.05, 4.69) is 4.74 Å². The lowest BCUT2D eigenvalue weighted by atomic mass is 10.0. The molecule has 1 unspecified atom stereocenters. The molecule has 0 heterocycles. The molecule has 6 nitrogen and oxygen atoms in total. The molecule has 0 aromatic heterocycles.